The first-order valence-corrected chi connectivity index (χ1v) is 14.6. The van der Waals surface area contributed by atoms with Crippen LogP contribution in [0.4, 0.5) is 11.4 Å². The van der Waals surface area contributed by atoms with E-state index < -0.39 is 28.7 Å². The topological polar surface area (TPSA) is 99.2 Å². The molecule has 0 radical (unpaired) electrons. The number of nitrogens with one attached hydrogen (secondary N) is 1. The zero-order valence-corrected chi connectivity index (χ0v) is 23.7. The highest BCUT2D eigenvalue weighted by Gasteiger charge is 2.76. The third kappa shape index (κ3) is 4.32. The molecule has 0 aromatic heterocycles. The summed E-state index contributed by atoms with van der Waals surface area (Å²) >= 11 is 5.30. The van der Waals surface area contributed by atoms with Crippen molar-refractivity contribution in [2.75, 3.05) is 36.5 Å². The smallest absolute Gasteiger partial charge is 0.310 e. The second-order valence-corrected chi connectivity index (χ2v) is 12.3. The monoisotopic (exact) mass is 581 g/mol. The van der Waals surface area contributed by atoms with E-state index in [0.29, 0.717) is 18.5 Å². The summed E-state index contributed by atoms with van der Waals surface area (Å²) in [5.74, 6) is -2.18. The molecule has 10 heteroatoms. The number of ether oxygens (including phenoxy) is 1. The number of aliphatic hydroxyl groups excluding tert-OH is 1. The fraction of sp³-hybridized carbons (Fsp3) is 0.654. The number of nitrogens with zero attached hydrogens (tertiary/aromatic N) is 2. The summed E-state index contributed by atoms with van der Waals surface area (Å²) in [5, 5.41) is 13.0. The number of hydrogen-bond acceptors (Lipinski definition) is 7. The van der Waals surface area contributed by atoms with E-state index in [1.807, 2.05) is 31.2 Å². The highest BCUT2D eigenvalue weighted by atomic mass is 79.9. The number of aliphatic hydroxyl groups is 1. The van der Waals surface area contributed by atoms with Crippen molar-refractivity contribution in [3.8, 4) is 0 Å². The Morgan fingerprint density at radius 3 is 2.47 bits per heavy atom. The van der Waals surface area contributed by atoms with E-state index in [2.05, 4.69) is 40.0 Å². The van der Waals surface area contributed by atoms with Gasteiger partial charge in [0.05, 0.1) is 35.8 Å². The number of alkyl halides is 1. The van der Waals surface area contributed by atoms with Crippen molar-refractivity contribution in [2.24, 2.45) is 11.8 Å². The molecule has 4 rings (SSSR count). The molecular formula is C26H36BrN3O5S. The Morgan fingerprint density at radius 1 is 1.25 bits per heavy atom. The van der Waals surface area contributed by atoms with Crippen molar-refractivity contribution >= 4 is 56.9 Å². The van der Waals surface area contributed by atoms with Crippen LogP contribution in [-0.2, 0) is 19.1 Å². The molecule has 3 aliphatic heterocycles. The molecule has 1 aromatic rings. The van der Waals surface area contributed by atoms with Crippen LogP contribution in [0.3, 0.4) is 0 Å². The third-order valence-electron chi connectivity index (χ3n) is 7.87. The normalized spacial score (nSPS) is 31.3. The Morgan fingerprint density at radius 2 is 1.92 bits per heavy atom. The second kappa shape index (κ2) is 10.9. The molecule has 0 aliphatic carbocycles. The Hall–Kier alpha value is -1.78. The van der Waals surface area contributed by atoms with Crippen LogP contribution < -0.4 is 10.2 Å². The summed E-state index contributed by atoms with van der Waals surface area (Å²) in [6.45, 7) is 9.60. The average Bonchev–Trinajstić information content (AvgIpc) is 3.45. The van der Waals surface area contributed by atoms with Crippen LogP contribution in [0.5, 0.6) is 0 Å². The van der Waals surface area contributed by atoms with Crippen LogP contribution in [0, 0.1) is 11.8 Å². The van der Waals surface area contributed by atoms with Crippen molar-refractivity contribution in [3.05, 3.63) is 24.3 Å². The summed E-state index contributed by atoms with van der Waals surface area (Å²) < 4.78 is 4.61. The predicted molar refractivity (Wildman–Crippen MR) is 145 cm³/mol. The highest BCUT2D eigenvalue weighted by Crippen LogP contribution is 2.68. The minimum Gasteiger partial charge on any atom is -0.466 e. The number of fused-ring (bicyclic) bond motifs is 1. The van der Waals surface area contributed by atoms with Gasteiger partial charge in [-0.3, -0.25) is 14.4 Å². The first-order chi connectivity index (χ1) is 17.3. The second-order valence-electron chi connectivity index (χ2n) is 9.61. The first-order valence-electron chi connectivity index (χ1n) is 12.8. The molecule has 2 amide bonds. The van der Waals surface area contributed by atoms with Crippen LogP contribution in [0.1, 0.15) is 40.5 Å². The molecule has 3 unspecified atom stereocenters. The lowest BCUT2D eigenvalue weighted by Gasteiger charge is -2.37. The van der Waals surface area contributed by atoms with Gasteiger partial charge in [-0.2, -0.15) is 0 Å². The summed E-state index contributed by atoms with van der Waals surface area (Å²) in [5.41, 5.74) is 1.72. The number of halogens is 1. The van der Waals surface area contributed by atoms with Crippen molar-refractivity contribution < 1.29 is 24.2 Å². The summed E-state index contributed by atoms with van der Waals surface area (Å²) in [4.78, 5) is 44.6. The van der Waals surface area contributed by atoms with Gasteiger partial charge in [-0.05, 0) is 57.9 Å². The molecule has 3 heterocycles. The molecule has 1 aromatic carbocycles. The number of carbonyl (C=O) groups is 3. The molecule has 2 bridgehead atoms. The third-order valence-corrected chi connectivity index (χ3v) is 11.1. The van der Waals surface area contributed by atoms with Crippen molar-refractivity contribution in [1.82, 2.24) is 4.90 Å². The lowest BCUT2D eigenvalue weighted by atomic mass is 9.71. The highest BCUT2D eigenvalue weighted by molar-refractivity contribution is 9.09. The number of benzene rings is 1. The number of carbonyl (C=O) groups excluding carboxylic acids is 3. The van der Waals surface area contributed by atoms with Crippen molar-refractivity contribution in [3.63, 3.8) is 0 Å². The molecule has 198 valence electrons. The molecule has 36 heavy (non-hydrogen) atoms. The van der Waals surface area contributed by atoms with Gasteiger partial charge in [-0.25, -0.2) is 0 Å². The Labute approximate surface area is 225 Å². The van der Waals surface area contributed by atoms with Crippen LogP contribution in [0.2, 0.25) is 0 Å². The molecule has 0 saturated carbocycles. The van der Waals surface area contributed by atoms with Gasteiger partial charge in [-0.1, -0.05) is 22.9 Å². The fourth-order valence-electron chi connectivity index (χ4n) is 6.24. The molecule has 3 saturated heterocycles. The summed E-state index contributed by atoms with van der Waals surface area (Å²) in [6, 6.07) is 6.40. The molecule has 3 fully saturated rings. The van der Waals surface area contributed by atoms with Gasteiger partial charge in [0, 0.05) is 34.5 Å². The minimum atomic E-state index is -0.802. The number of hydrogen-bond donors (Lipinski definition) is 2. The predicted octanol–water partition coefficient (Wildman–Crippen LogP) is 3.27. The zero-order valence-electron chi connectivity index (χ0n) is 21.3. The number of amides is 2. The van der Waals surface area contributed by atoms with Gasteiger partial charge in [0.2, 0.25) is 11.8 Å². The van der Waals surface area contributed by atoms with Crippen LogP contribution in [0.15, 0.2) is 24.3 Å². The van der Waals surface area contributed by atoms with E-state index in [0.717, 1.165) is 18.8 Å². The molecule has 8 nitrogen and oxygen atoms in total. The number of anilines is 2. The van der Waals surface area contributed by atoms with E-state index in [1.165, 1.54) is 0 Å². The van der Waals surface area contributed by atoms with E-state index in [4.69, 9.17) is 4.74 Å². The van der Waals surface area contributed by atoms with Crippen LogP contribution in [-0.4, -0.2) is 81.0 Å². The van der Waals surface area contributed by atoms with E-state index in [9.17, 15) is 19.5 Å². The SMILES string of the molecule is CCOC(=O)[C@H]1[C@H]2C(=O)N([C@@H](CC)CO)C(C(=O)Nc3ccc(N(CC)CC)cc3)C23CC(Br)[C@@H]1S3. The molecule has 1 spiro atoms. The summed E-state index contributed by atoms with van der Waals surface area (Å²) in [7, 11) is 0. The maximum absolute atomic E-state index is 13.9. The lowest BCUT2D eigenvalue weighted by Crippen LogP contribution is -2.55. The molecule has 2 N–H and O–H groups in total. The van der Waals surface area contributed by atoms with Crippen molar-refractivity contribution in [1.29, 1.82) is 0 Å². The van der Waals surface area contributed by atoms with E-state index in [-0.39, 0.29) is 41.1 Å². The maximum atomic E-state index is 13.9. The van der Waals surface area contributed by atoms with Crippen LogP contribution >= 0.6 is 27.7 Å². The number of thioether (sulfide) groups is 1. The van der Waals surface area contributed by atoms with E-state index in [1.54, 1.807) is 23.6 Å². The van der Waals surface area contributed by atoms with Gasteiger partial charge in [0.25, 0.3) is 0 Å². The van der Waals surface area contributed by atoms with Crippen LogP contribution in [0.25, 0.3) is 0 Å². The molecular weight excluding hydrogens is 546 g/mol. The maximum Gasteiger partial charge on any atom is 0.310 e. The standard InChI is InChI=1S/C26H36BrN3O5S/c1-5-16(14-31)30-22(23(32)28-15-9-11-17(12-10-15)29(6-2)7-3)26-13-18(27)21(36-26)19(20(26)24(30)33)25(34)35-8-4/h9-12,16,18-22,31H,5-8,13-14H2,1-4H3,(H,28,32)/t16-,18?,19-,20-,21-,22?,26?/m0/s1. The largest absolute Gasteiger partial charge is 0.466 e. The quantitative estimate of drug-likeness (QED) is 0.323. The van der Waals surface area contributed by atoms with Crippen molar-refractivity contribution in [2.45, 2.75) is 67.4 Å². The van der Waals surface area contributed by atoms with Gasteiger partial charge >= 0.3 is 5.97 Å². The van der Waals surface area contributed by atoms with Gasteiger partial charge in [0.1, 0.15) is 6.04 Å². The van der Waals surface area contributed by atoms with Gasteiger partial charge < -0.3 is 25.0 Å². The van der Waals surface area contributed by atoms with Gasteiger partial charge in [-0.15, -0.1) is 11.8 Å². The Balaban J connectivity index is 1.68. The molecule has 3 aliphatic rings. The Bertz CT molecular complexity index is 986. The number of esters is 1. The van der Waals surface area contributed by atoms with Gasteiger partial charge in [0.15, 0.2) is 0 Å². The molecule has 7 atom stereocenters. The zero-order chi connectivity index (χ0) is 26.2. The number of likely N-dealkylation sites (tertiary alicyclic amines) is 1. The average molecular weight is 583 g/mol. The number of rotatable bonds is 10. The van der Waals surface area contributed by atoms with E-state index >= 15 is 0 Å². The summed E-state index contributed by atoms with van der Waals surface area (Å²) in [6.07, 6.45) is 1.09. The Kier molecular flexibility index (Phi) is 8.26. The fourth-order valence-corrected chi connectivity index (χ4v) is 9.82. The minimum absolute atomic E-state index is 0.0150. The first kappa shape index (κ1) is 27.3. The lowest BCUT2D eigenvalue weighted by molar-refractivity contribution is -0.154.